The Kier molecular flexibility index (Phi) is 7.35. The molecule has 2 aromatic carbocycles. The zero-order valence-electron chi connectivity index (χ0n) is 18.8. The quantitative estimate of drug-likeness (QED) is 0.711. The molecule has 2 aromatic rings. The van der Waals surface area contributed by atoms with Crippen LogP contribution in [0.25, 0.3) is 0 Å². The predicted octanol–water partition coefficient (Wildman–Crippen LogP) is 3.03. The summed E-state index contributed by atoms with van der Waals surface area (Å²) in [5, 5.41) is 2.94. The van der Waals surface area contributed by atoms with Gasteiger partial charge in [0.2, 0.25) is 10.0 Å². The Morgan fingerprint density at radius 2 is 1.61 bits per heavy atom. The molecule has 1 fully saturated rings. The maximum atomic E-state index is 12.7. The number of hydrogen-bond acceptors (Lipinski definition) is 5. The molecule has 0 radical (unpaired) electrons. The van der Waals surface area contributed by atoms with Gasteiger partial charge in [0, 0.05) is 56.2 Å². The average Bonchev–Trinajstić information content (AvgIpc) is 2.76. The highest BCUT2D eigenvalue weighted by molar-refractivity contribution is 7.89. The number of benzene rings is 2. The van der Waals surface area contributed by atoms with E-state index in [0.717, 1.165) is 43.1 Å². The molecule has 1 amide bonds. The second-order valence-corrected chi connectivity index (χ2v) is 9.80. The van der Waals surface area contributed by atoms with Gasteiger partial charge in [0.15, 0.2) is 0 Å². The molecule has 0 atom stereocenters. The first-order valence-corrected chi connectivity index (χ1v) is 12.2. The van der Waals surface area contributed by atoms with Crippen molar-refractivity contribution in [3.8, 4) is 0 Å². The molecule has 0 spiro atoms. The number of hydrogen-bond donors (Lipinski definition) is 1. The van der Waals surface area contributed by atoms with Crippen molar-refractivity contribution in [2.24, 2.45) is 0 Å². The molecule has 0 bridgehead atoms. The molecule has 1 aliphatic heterocycles. The molecular formula is C23H32N4O3S. The van der Waals surface area contributed by atoms with Crippen molar-refractivity contribution < 1.29 is 13.2 Å². The summed E-state index contributed by atoms with van der Waals surface area (Å²) in [4.78, 5) is 17.6. The SMILES string of the molecule is CCN(CC)S(=O)(=O)c1ccc(C(=O)Nc2ccc(N3CCN(C)CC3)cc2C)cc1. The summed E-state index contributed by atoms with van der Waals surface area (Å²) >= 11 is 0. The van der Waals surface area contributed by atoms with Gasteiger partial charge < -0.3 is 15.1 Å². The third kappa shape index (κ3) is 5.26. The Morgan fingerprint density at radius 1 is 1.00 bits per heavy atom. The zero-order chi connectivity index (χ0) is 22.6. The van der Waals surface area contributed by atoms with Crippen molar-refractivity contribution in [3.05, 3.63) is 53.6 Å². The van der Waals surface area contributed by atoms with Crippen molar-refractivity contribution in [2.45, 2.75) is 25.7 Å². The van der Waals surface area contributed by atoms with E-state index in [4.69, 9.17) is 0 Å². The number of amides is 1. The second-order valence-electron chi connectivity index (χ2n) is 7.86. The molecule has 1 aliphatic rings. The van der Waals surface area contributed by atoms with E-state index < -0.39 is 10.0 Å². The molecule has 1 N–H and O–H groups in total. The molecule has 7 nitrogen and oxygen atoms in total. The van der Waals surface area contributed by atoms with Crippen LogP contribution in [0, 0.1) is 6.92 Å². The molecule has 0 aliphatic carbocycles. The Hall–Kier alpha value is -2.42. The summed E-state index contributed by atoms with van der Waals surface area (Å²) < 4.78 is 26.6. The first-order chi connectivity index (χ1) is 14.8. The molecule has 0 saturated carbocycles. The van der Waals surface area contributed by atoms with Gasteiger partial charge >= 0.3 is 0 Å². The standard InChI is InChI=1S/C23H32N4O3S/c1-5-27(6-2)31(29,30)21-10-7-19(8-11-21)23(28)24-22-12-9-20(17-18(22)3)26-15-13-25(4)14-16-26/h7-12,17H,5-6,13-16H2,1-4H3,(H,24,28). The van der Waals surface area contributed by atoms with Crippen LogP contribution in [0.5, 0.6) is 0 Å². The fourth-order valence-electron chi connectivity index (χ4n) is 3.73. The van der Waals surface area contributed by atoms with Crippen molar-refractivity contribution in [1.29, 1.82) is 0 Å². The van der Waals surface area contributed by atoms with Crippen LogP contribution in [-0.4, -0.2) is 69.8 Å². The van der Waals surface area contributed by atoms with Crippen molar-refractivity contribution in [1.82, 2.24) is 9.21 Å². The van der Waals surface area contributed by atoms with Crippen LogP contribution in [0.1, 0.15) is 29.8 Å². The maximum absolute atomic E-state index is 12.7. The lowest BCUT2D eigenvalue weighted by molar-refractivity contribution is 0.102. The lowest BCUT2D eigenvalue weighted by Gasteiger charge is -2.34. The maximum Gasteiger partial charge on any atom is 0.255 e. The summed E-state index contributed by atoms with van der Waals surface area (Å²) in [5.41, 5.74) is 3.32. The van der Waals surface area contributed by atoms with Gasteiger partial charge in [-0.15, -0.1) is 0 Å². The average molecular weight is 445 g/mol. The third-order valence-corrected chi connectivity index (χ3v) is 7.85. The molecule has 1 saturated heterocycles. The van der Waals surface area contributed by atoms with E-state index in [1.54, 1.807) is 26.0 Å². The van der Waals surface area contributed by atoms with E-state index in [9.17, 15) is 13.2 Å². The van der Waals surface area contributed by atoms with Gasteiger partial charge in [0.25, 0.3) is 5.91 Å². The van der Waals surface area contributed by atoms with E-state index in [1.807, 2.05) is 19.1 Å². The Balaban J connectivity index is 1.70. The van der Waals surface area contributed by atoms with E-state index in [2.05, 4.69) is 28.2 Å². The third-order valence-electron chi connectivity index (χ3n) is 5.79. The summed E-state index contributed by atoms with van der Waals surface area (Å²) in [6.07, 6.45) is 0. The van der Waals surface area contributed by atoms with Crippen LogP contribution in [0.15, 0.2) is 47.4 Å². The van der Waals surface area contributed by atoms with Crippen LogP contribution in [0.3, 0.4) is 0 Å². The van der Waals surface area contributed by atoms with Gasteiger partial charge in [0.1, 0.15) is 0 Å². The molecule has 0 unspecified atom stereocenters. The number of anilines is 2. The lowest BCUT2D eigenvalue weighted by Crippen LogP contribution is -2.44. The Morgan fingerprint density at radius 3 is 2.16 bits per heavy atom. The fraction of sp³-hybridized carbons (Fsp3) is 0.435. The first kappa shape index (κ1) is 23.2. The number of carbonyl (C=O) groups excluding carboxylic acids is 1. The normalized spacial score (nSPS) is 15.3. The van der Waals surface area contributed by atoms with Gasteiger partial charge in [-0.25, -0.2) is 8.42 Å². The summed E-state index contributed by atoms with van der Waals surface area (Å²) in [7, 11) is -1.40. The second kappa shape index (κ2) is 9.80. The largest absolute Gasteiger partial charge is 0.369 e. The Bertz CT molecular complexity index is 1010. The number of piperazine rings is 1. The van der Waals surface area contributed by atoms with Gasteiger partial charge in [0.05, 0.1) is 4.90 Å². The van der Waals surface area contributed by atoms with Crippen molar-refractivity contribution in [3.63, 3.8) is 0 Å². The van der Waals surface area contributed by atoms with Gasteiger partial charge in [-0.05, 0) is 62.0 Å². The summed E-state index contributed by atoms with van der Waals surface area (Å²) in [6, 6.07) is 12.2. The lowest BCUT2D eigenvalue weighted by atomic mass is 10.1. The minimum atomic E-state index is -3.53. The first-order valence-electron chi connectivity index (χ1n) is 10.7. The molecular weight excluding hydrogens is 412 g/mol. The molecule has 3 rings (SSSR count). The number of nitrogens with zero attached hydrogens (tertiary/aromatic N) is 3. The highest BCUT2D eigenvalue weighted by Crippen LogP contribution is 2.24. The molecule has 8 heteroatoms. The summed E-state index contributed by atoms with van der Waals surface area (Å²) in [5.74, 6) is -0.262. The van der Waals surface area contributed by atoms with Gasteiger partial charge in [-0.2, -0.15) is 4.31 Å². The topological polar surface area (TPSA) is 73.0 Å². The molecule has 168 valence electrons. The number of sulfonamides is 1. The van der Waals surface area contributed by atoms with Crippen molar-refractivity contribution >= 4 is 27.3 Å². The molecule has 0 aromatic heterocycles. The molecule has 31 heavy (non-hydrogen) atoms. The Labute approximate surface area is 185 Å². The highest BCUT2D eigenvalue weighted by Gasteiger charge is 2.22. The number of aryl methyl sites for hydroxylation is 1. The number of rotatable bonds is 7. The smallest absolute Gasteiger partial charge is 0.255 e. The zero-order valence-corrected chi connectivity index (χ0v) is 19.6. The monoisotopic (exact) mass is 444 g/mol. The van der Waals surface area contributed by atoms with Crippen LogP contribution in [0.4, 0.5) is 11.4 Å². The fourth-order valence-corrected chi connectivity index (χ4v) is 5.19. The highest BCUT2D eigenvalue weighted by atomic mass is 32.2. The van der Waals surface area contributed by atoms with E-state index in [0.29, 0.717) is 18.7 Å². The van der Waals surface area contributed by atoms with E-state index >= 15 is 0 Å². The minimum absolute atomic E-state index is 0.195. The number of likely N-dealkylation sites (N-methyl/N-ethyl adjacent to an activating group) is 1. The minimum Gasteiger partial charge on any atom is -0.369 e. The van der Waals surface area contributed by atoms with Crippen LogP contribution < -0.4 is 10.2 Å². The van der Waals surface area contributed by atoms with Crippen LogP contribution in [0.2, 0.25) is 0 Å². The number of carbonyl (C=O) groups is 1. The van der Waals surface area contributed by atoms with Gasteiger partial charge in [-0.1, -0.05) is 13.8 Å². The van der Waals surface area contributed by atoms with Crippen LogP contribution in [-0.2, 0) is 10.0 Å². The summed E-state index contributed by atoms with van der Waals surface area (Å²) in [6.45, 7) is 10.5. The van der Waals surface area contributed by atoms with Gasteiger partial charge in [-0.3, -0.25) is 4.79 Å². The predicted molar refractivity (Wildman–Crippen MR) is 125 cm³/mol. The molecule has 1 heterocycles. The number of nitrogens with one attached hydrogen (secondary N) is 1. The van der Waals surface area contributed by atoms with Crippen molar-refractivity contribution in [2.75, 3.05) is 56.5 Å². The van der Waals surface area contributed by atoms with E-state index in [1.165, 1.54) is 16.4 Å². The van der Waals surface area contributed by atoms with Crippen LogP contribution >= 0.6 is 0 Å². The van der Waals surface area contributed by atoms with E-state index in [-0.39, 0.29) is 10.8 Å².